The highest BCUT2D eigenvalue weighted by atomic mass is 16.5. The van der Waals surface area contributed by atoms with Crippen molar-refractivity contribution in [3.05, 3.63) is 36.4 Å². The van der Waals surface area contributed by atoms with Crippen LogP contribution in [0.1, 0.15) is 25.1 Å². The second kappa shape index (κ2) is 7.55. The molecule has 7 heteroatoms. The van der Waals surface area contributed by atoms with Gasteiger partial charge in [0.05, 0.1) is 18.9 Å². The lowest BCUT2D eigenvalue weighted by atomic mass is 9.84. The first kappa shape index (κ1) is 17.2. The van der Waals surface area contributed by atoms with Gasteiger partial charge >= 0.3 is 0 Å². The Morgan fingerprint density at radius 2 is 2.27 bits per heavy atom. The number of morpholine rings is 1. The molecule has 1 atom stereocenters. The van der Waals surface area contributed by atoms with E-state index >= 15 is 0 Å². The summed E-state index contributed by atoms with van der Waals surface area (Å²) in [4.78, 5) is 15.2. The molecule has 1 aliphatic carbocycles. The van der Waals surface area contributed by atoms with Crippen molar-refractivity contribution in [3.8, 4) is 5.69 Å². The number of carbonyl (C=O) groups is 1. The molecule has 0 unspecified atom stereocenters. The van der Waals surface area contributed by atoms with Crippen molar-refractivity contribution < 1.29 is 9.53 Å². The summed E-state index contributed by atoms with van der Waals surface area (Å²) in [6.07, 6.45) is 5.56. The number of amides is 1. The number of ether oxygens (including phenoxy) is 1. The van der Waals surface area contributed by atoms with E-state index in [1.54, 1.807) is 6.33 Å². The van der Waals surface area contributed by atoms with E-state index in [2.05, 4.69) is 20.4 Å². The molecule has 1 saturated heterocycles. The number of carbonyl (C=O) groups excluding carboxylic acids is 1. The molecule has 4 rings (SSSR count). The van der Waals surface area contributed by atoms with Crippen LogP contribution in [0.5, 0.6) is 0 Å². The van der Waals surface area contributed by atoms with Crippen LogP contribution in [0.15, 0.2) is 30.6 Å². The SMILES string of the molecule is Cc1nncn1-c1cccc(NC(=O)[C@@H]2COCCN2CC2CCC2)c1. The summed E-state index contributed by atoms with van der Waals surface area (Å²) in [6.45, 7) is 4.90. The van der Waals surface area contributed by atoms with Gasteiger partial charge in [0.1, 0.15) is 18.2 Å². The first-order valence-electron chi connectivity index (χ1n) is 9.30. The Morgan fingerprint density at radius 3 is 3.00 bits per heavy atom. The van der Waals surface area contributed by atoms with Crippen molar-refractivity contribution in [2.75, 3.05) is 31.6 Å². The van der Waals surface area contributed by atoms with E-state index in [1.807, 2.05) is 35.8 Å². The average molecular weight is 355 g/mol. The summed E-state index contributed by atoms with van der Waals surface area (Å²) in [5.74, 6) is 1.55. The van der Waals surface area contributed by atoms with E-state index in [-0.39, 0.29) is 11.9 Å². The highest BCUT2D eigenvalue weighted by Gasteiger charge is 2.32. The molecular formula is C19H25N5O2. The Bertz CT molecular complexity index is 771. The molecule has 0 radical (unpaired) electrons. The second-order valence-corrected chi connectivity index (χ2v) is 7.17. The van der Waals surface area contributed by atoms with E-state index in [9.17, 15) is 4.79 Å². The highest BCUT2D eigenvalue weighted by Crippen LogP contribution is 2.28. The van der Waals surface area contributed by atoms with Gasteiger partial charge in [-0.3, -0.25) is 14.3 Å². The van der Waals surface area contributed by atoms with Gasteiger partial charge in [-0.2, -0.15) is 0 Å². The maximum atomic E-state index is 12.9. The lowest BCUT2D eigenvalue weighted by Crippen LogP contribution is -2.53. The lowest BCUT2D eigenvalue weighted by molar-refractivity contribution is -0.128. The van der Waals surface area contributed by atoms with Crippen molar-refractivity contribution in [2.45, 2.75) is 32.2 Å². The number of rotatable bonds is 5. The zero-order chi connectivity index (χ0) is 17.9. The minimum atomic E-state index is -0.218. The number of nitrogens with zero attached hydrogens (tertiary/aromatic N) is 4. The molecule has 1 aliphatic heterocycles. The molecule has 2 heterocycles. The number of aromatic nitrogens is 3. The maximum absolute atomic E-state index is 12.9. The largest absolute Gasteiger partial charge is 0.378 e. The van der Waals surface area contributed by atoms with Gasteiger partial charge in [-0.1, -0.05) is 12.5 Å². The molecule has 2 fully saturated rings. The summed E-state index contributed by atoms with van der Waals surface area (Å²) in [7, 11) is 0. The van der Waals surface area contributed by atoms with Gasteiger partial charge < -0.3 is 10.1 Å². The molecule has 26 heavy (non-hydrogen) atoms. The van der Waals surface area contributed by atoms with Crippen LogP contribution in [0.4, 0.5) is 5.69 Å². The van der Waals surface area contributed by atoms with Crippen LogP contribution in [0.2, 0.25) is 0 Å². The highest BCUT2D eigenvalue weighted by molar-refractivity contribution is 5.95. The van der Waals surface area contributed by atoms with Crippen LogP contribution in [-0.4, -0.2) is 57.9 Å². The van der Waals surface area contributed by atoms with Crippen molar-refractivity contribution in [1.82, 2.24) is 19.7 Å². The Kier molecular flexibility index (Phi) is 4.99. The first-order valence-corrected chi connectivity index (χ1v) is 9.30. The molecule has 2 aromatic rings. The van der Waals surface area contributed by atoms with Gasteiger partial charge in [0.2, 0.25) is 5.91 Å². The number of aryl methyl sites for hydroxylation is 1. The first-order chi connectivity index (χ1) is 12.7. The fourth-order valence-electron chi connectivity index (χ4n) is 3.61. The standard InChI is InChI=1S/C19H25N5O2/c1-14-22-20-13-24(14)17-7-3-6-16(10-17)21-19(25)18-12-26-9-8-23(18)11-15-4-2-5-15/h3,6-7,10,13,15,18H,2,4-5,8-9,11-12H2,1H3,(H,21,25)/t18-/m0/s1. The van der Waals surface area contributed by atoms with E-state index in [4.69, 9.17) is 4.74 Å². The molecular weight excluding hydrogens is 330 g/mol. The van der Waals surface area contributed by atoms with Crippen LogP contribution < -0.4 is 5.32 Å². The van der Waals surface area contributed by atoms with Crippen LogP contribution >= 0.6 is 0 Å². The number of anilines is 1. The fourth-order valence-corrected chi connectivity index (χ4v) is 3.61. The van der Waals surface area contributed by atoms with Crippen molar-refractivity contribution in [2.24, 2.45) is 5.92 Å². The van der Waals surface area contributed by atoms with Crippen LogP contribution in [-0.2, 0) is 9.53 Å². The van der Waals surface area contributed by atoms with Gasteiger partial charge in [-0.05, 0) is 43.9 Å². The summed E-state index contributed by atoms with van der Waals surface area (Å²) < 4.78 is 7.47. The smallest absolute Gasteiger partial charge is 0.244 e. The molecule has 2 aliphatic rings. The Hall–Kier alpha value is -2.25. The van der Waals surface area contributed by atoms with E-state index in [0.29, 0.717) is 13.2 Å². The van der Waals surface area contributed by atoms with Crippen molar-refractivity contribution in [1.29, 1.82) is 0 Å². The second-order valence-electron chi connectivity index (χ2n) is 7.17. The van der Waals surface area contributed by atoms with Gasteiger partial charge in [-0.15, -0.1) is 10.2 Å². The third-order valence-electron chi connectivity index (χ3n) is 5.37. The molecule has 1 aromatic heterocycles. The Morgan fingerprint density at radius 1 is 1.38 bits per heavy atom. The minimum absolute atomic E-state index is 0.00153. The predicted molar refractivity (Wildman–Crippen MR) is 98.2 cm³/mol. The molecule has 1 saturated carbocycles. The van der Waals surface area contributed by atoms with Crippen molar-refractivity contribution >= 4 is 11.6 Å². The van der Waals surface area contributed by atoms with E-state index in [0.717, 1.165) is 36.2 Å². The van der Waals surface area contributed by atoms with Gasteiger partial charge in [0.15, 0.2) is 0 Å². The topological polar surface area (TPSA) is 72.3 Å². The number of benzene rings is 1. The molecule has 0 spiro atoms. The van der Waals surface area contributed by atoms with Gasteiger partial charge in [0, 0.05) is 18.8 Å². The van der Waals surface area contributed by atoms with Crippen LogP contribution in [0, 0.1) is 12.8 Å². The number of nitrogens with one attached hydrogen (secondary N) is 1. The number of hydrogen-bond acceptors (Lipinski definition) is 5. The van der Waals surface area contributed by atoms with Gasteiger partial charge in [-0.25, -0.2) is 0 Å². The summed E-state index contributed by atoms with van der Waals surface area (Å²) in [5, 5.41) is 11.0. The predicted octanol–water partition coefficient (Wildman–Crippen LogP) is 2.02. The molecule has 1 amide bonds. The molecule has 1 N–H and O–H groups in total. The maximum Gasteiger partial charge on any atom is 0.244 e. The zero-order valence-electron chi connectivity index (χ0n) is 15.1. The third-order valence-corrected chi connectivity index (χ3v) is 5.37. The summed E-state index contributed by atoms with van der Waals surface area (Å²) in [5.41, 5.74) is 1.70. The normalized spacial score (nSPS) is 21.3. The molecule has 1 aromatic carbocycles. The van der Waals surface area contributed by atoms with Crippen LogP contribution in [0.25, 0.3) is 5.69 Å². The van der Waals surface area contributed by atoms with E-state index in [1.165, 1.54) is 19.3 Å². The van der Waals surface area contributed by atoms with Crippen molar-refractivity contribution in [3.63, 3.8) is 0 Å². The Balaban J connectivity index is 1.45. The van der Waals surface area contributed by atoms with Crippen LogP contribution in [0.3, 0.4) is 0 Å². The molecule has 138 valence electrons. The summed E-state index contributed by atoms with van der Waals surface area (Å²) in [6, 6.07) is 7.52. The molecule has 0 bridgehead atoms. The number of hydrogen-bond donors (Lipinski definition) is 1. The quantitative estimate of drug-likeness (QED) is 0.888. The third kappa shape index (κ3) is 3.64. The minimum Gasteiger partial charge on any atom is -0.378 e. The zero-order valence-corrected chi connectivity index (χ0v) is 15.1. The average Bonchev–Trinajstić information content (AvgIpc) is 3.05. The lowest BCUT2D eigenvalue weighted by Gasteiger charge is -2.39. The summed E-state index contributed by atoms with van der Waals surface area (Å²) >= 11 is 0. The fraction of sp³-hybridized carbons (Fsp3) is 0.526. The molecule has 7 nitrogen and oxygen atoms in total. The monoisotopic (exact) mass is 355 g/mol. The Labute approximate surface area is 153 Å². The van der Waals surface area contributed by atoms with E-state index < -0.39 is 0 Å². The van der Waals surface area contributed by atoms with Gasteiger partial charge in [0.25, 0.3) is 0 Å².